The van der Waals surface area contributed by atoms with E-state index < -0.39 is 15.9 Å². The molecule has 1 radical (unpaired) electrons. The highest BCUT2D eigenvalue weighted by Gasteiger charge is 2.10. The summed E-state index contributed by atoms with van der Waals surface area (Å²) < 4.78 is 11.5. The Kier molecular flexibility index (Phi) is 4.10. The molecule has 0 unspecified atom stereocenters. The summed E-state index contributed by atoms with van der Waals surface area (Å²) >= 11 is -0.617. The van der Waals surface area contributed by atoms with E-state index in [4.69, 9.17) is 7.58 Å². The standard InChI is InChI=1S/C11H11NO.C6H6O.Al/c1-7-6-8(2)12-11-9(7)4-3-5-10(11)13;7-6-4-2-1-3-5-6;/h3-6,13H,1-2H3;1-5,7H;/q;;+2/p-2. The molecular formula is C17H15AlNO2. The van der Waals surface area contributed by atoms with Gasteiger partial charge in [0.15, 0.2) is 0 Å². The smallest absolute Gasteiger partial charge is 0.616 e. The Balaban J connectivity index is 1.81. The molecule has 0 saturated heterocycles. The minimum atomic E-state index is -0.617. The number of aromatic nitrogens is 1. The van der Waals surface area contributed by atoms with Crippen molar-refractivity contribution in [3.05, 3.63) is 65.9 Å². The highest BCUT2D eigenvalue weighted by atomic mass is 27.2. The third-order valence-corrected chi connectivity index (χ3v) is 3.96. The van der Waals surface area contributed by atoms with Gasteiger partial charge in [-0.05, 0) is 43.7 Å². The molecule has 0 aliphatic carbocycles. The number of benzene rings is 2. The minimum absolute atomic E-state index is 0.617. The molecule has 0 saturated carbocycles. The van der Waals surface area contributed by atoms with Crippen LogP contribution in [-0.4, -0.2) is 20.9 Å². The first-order valence-electron chi connectivity index (χ1n) is 6.81. The molecule has 1 heterocycles. The summed E-state index contributed by atoms with van der Waals surface area (Å²) in [6.07, 6.45) is 0. The van der Waals surface area contributed by atoms with Crippen molar-refractivity contribution in [1.82, 2.24) is 4.98 Å². The Morgan fingerprint density at radius 3 is 2.52 bits per heavy atom. The summed E-state index contributed by atoms with van der Waals surface area (Å²) in [4.78, 5) is 4.59. The lowest BCUT2D eigenvalue weighted by molar-refractivity contribution is 0.461. The second kappa shape index (κ2) is 6.17. The monoisotopic (exact) mass is 292 g/mol. The molecule has 3 aromatic rings. The van der Waals surface area contributed by atoms with Crippen molar-refractivity contribution in [2.45, 2.75) is 13.8 Å². The highest BCUT2D eigenvalue weighted by Crippen LogP contribution is 2.26. The molecule has 0 amide bonds. The van der Waals surface area contributed by atoms with Crippen LogP contribution in [0.1, 0.15) is 11.3 Å². The zero-order chi connectivity index (χ0) is 14.7. The first-order valence-corrected chi connectivity index (χ1v) is 7.75. The third-order valence-electron chi connectivity index (χ3n) is 3.24. The van der Waals surface area contributed by atoms with Gasteiger partial charge in [0.25, 0.3) is 0 Å². The molecule has 4 heteroatoms. The van der Waals surface area contributed by atoms with Crippen molar-refractivity contribution in [2.75, 3.05) is 0 Å². The second-order valence-electron chi connectivity index (χ2n) is 4.88. The fraction of sp³-hybridized carbons (Fsp3) is 0.118. The minimum Gasteiger partial charge on any atom is -0.616 e. The first kappa shape index (κ1) is 13.9. The van der Waals surface area contributed by atoms with E-state index in [-0.39, 0.29) is 0 Å². The lowest BCUT2D eigenvalue weighted by Gasteiger charge is -2.11. The molecule has 103 valence electrons. The van der Waals surface area contributed by atoms with Crippen molar-refractivity contribution in [1.29, 1.82) is 0 Å². The van der Waals surface area contributed by atoms with E-state index in [2.05, 4.69) is 24.0 Å². The summed E-state index contributed by atoms with van der Waals surface area (Å²) in [7, 11) is 0. The van der Waals surface area contributed by atoms with Gasteiger partial charge in [-0.25, -0.2) is 4.98 Å². The maximum atomic E-state index is 5.83. The zero-order valence-corrected chi connectivity index (χ0v) is 13.2. The molecule has 0 aliphatic rings. The lowest BCUT2D eigenvalue weighted by Crippen LogP contribution is -2.11. The van der Waals surface area contributed by atoms with Crippen LogP contribution in [0.5, 0.6) is 11.5 Å². The van der Waals surface area contributed by atoms with Crippen molar-refractivity contribution >= 4 is 26.8 Å². The molecule has 0 fully saturated rings. The van der Waals surface area contributed by atoms with Gasteiger partial charge in [0.05, 0.1) is 5.75 Å². The van der Waals surface area contributed by atoms with Crippen LogP contribution in [0.15, 0.2) is 54.6 Å². The van der Waals surface area contributed by atoms with Crippen molar-refractivity contribution in [3.63, 3.8) is 0 Å². The average molecular weight is 292 g/mol. The van der Waals surface area contributed by atoms with Gasteiger partial charge in [0.1, 0.15) is 11.3 Å². The Morgan fingerprint density at radius 1 is 0.905 bits per heavy atom. The van der Waals surface area contributed by atoms with E-state index in [9.17, 15) is 0 Å². The highest BCUT2D eigenvalue weighted by molar-refractivity contribution is 6.21. The summed E-state index contributed by atoms with van der Waals surface area (Å²) in [5.74, 6) is 1.61. The largest absolute Gasteiger partial charge is 0.881 e. The van der Waals surface area contributed by atoms with E-state index in [1.165, 1.54) is 5.56 Å². The third kappa shape index (κ3) is 3.18. The Morgan fingerprint density at radius 2 is 1.71 bits per heavy atom. The predicted molar refractivity (Wildman–Crippen MR) is 84.7 cm³/mol. The molecule has 2 aromatic carbocycles. The fourth-order valence-electron chi connectivity index (χ4n) is 2.28. The Hall–Kier alpha value is -2.02. The molecule has 0 bridgehead atoms. The summed E-state index contributed by atoms with van der Waals surface area (Å²) in [5.41, 5.74) is 3.11. The van der Waals surface area contributed by atoms with E-state index >= 15 is 0 Å². The topological polar surface area (TPSA) is 31.4 Å². The molecule has 3 nitrogen and oxygen atoms in total. The van der Waals surface area contributed by atoms with Crippen molar-refractivity contribution in [3.8, 4) is 11.5 Å². The van der Waals surface area contributed by atoms with Crippen molar-refractivity contribution in [2.24, 2.45) is 0 Å². The van der Waals surface area contributed by atoms with Crippen LogP contribution in [0, 0.1) is 13.8 Å². The number of para-hydroxylation sites is 2. The maximum Gasteiger partial charge on any atom is 0.881 e. The predicted octanol–water partition coefficient (Wildman–Crippen LogP) is 3.84. The van der Waals surface area contributed by atoms with E-state index in [0.29, 0.717) is 0 Å². The van der Waals surface area contributed by atoms with E-state index in [1.54, 1.807) is 0 Å². The van der Waals surface area contributed by atoms with Gasteiger partial charge in [0.2, 0.25) is 0 Å². The number of rotatable bonds is 4. The Bertz CT molecular complexity index is 759. The maximum absolute atomic E-state index is 5.83. The molecule has 0 aliphatic heterocycles. The normalized spacial score (nSPS) is 10.4. The van der Waals surface area contributed by atoms with Gasteiger partial charge in [-0.15, -0.1) is 0 Å². The number of hydrogen-bond donors (Lipinski definition) is 0. The average Bonchev–Trinajstić information content (AvgIpc) is 2.49. The van der Waals surface area contributed by atoms with Crippen LogP contribution in [0.2, 0.25) is 0 Å². The number of hydrogen-bond acceptors (Lipinski definition) is 3. The zero-order valence-electron chi connectivity index (χ0n) is 12.0. The van der Waals surface area contributed by atoms with E-state index in [0.717, 1.165) is 28.1 Å². The second-order valence-corrected chi connectivity index (χ2v) is 5.54. The SMILES string of the molecule is Cc1cc(C)c2cccc([O][Al][O]c3ccccc3)c2n1. The molecular weight excluding hydrogens is 277 g/mol. The van der Waals surface area contributed by atoms with Gasteiger partial charge in [-0.2, -0.15) is 0 Å². The van der Waals surface area contributed by atoms with Crippen LogP contribution < -0.4 is 7.58 Å². The Labute approximate surface area is 130 Å². The number of nitrogens with zero attached hydrogens (tertiary/aromatic N) is 1. The van der Waals surface area contributed by atoms with Gasteiger partial charge in [0, 0.05) is 11.1 Å². The number of fused-ring (bicyclic) bond motifs is 1. The first-order chi connectivity index (χ1) is 10.2. The fourth-order valence-corrected chi connectivity index (χ4v) is 2.89. The lowest BCUT2D eigenvalue weighted by atomic mass is 10.1. The molecule has 0 atom stereocenters. The van der Waals surface area contributed by atoms with Gasteiger partial charge in [-0.1, -0.05) is 30.3 Å². The van der Waals surface area contributed by atoms with Crippen LogP contribution in [0.4, 0.5) is 0 Å². The van der Waals surface area contributed by atoms with Crippen LogP contribution in [0.25, 0.3) is 10.9 Å². The van der Waals surface area contributed by atoms with Gasteiger partial charge < -0.3 is 7.58 Å². The van der Waals surface area contributed by atoms with Gasteiger partial charge >= 0.3 is 15.9 Å². The van der Waals surface area contributed by atoms with Gasteiger partial charge in [-0.3, -0.25) is 0 Å². The molecule has 21 heavy (non-hydrogen) atoms. The van der Waals surface area contributed by atoms with Crippen LogP contribution >= 0.6 is 0 Å². The molecule has 0 N–H and O–H groups in total. The summed E-state index contributed by atoms with van der Waals surface area (Å²) in [6.45, 7) is 4.09. The van der Waals surface area contributed by atoms with Crippen LogP contribution in [-0.2, 0) is 0 Å². The van der Waals surface area contributed by atoms with E-state index in [1.807, 2.05) is 49.4 Å². The summed E-state index contributed by atoms with van der Waals surface area (Å²) in [5, 5.41) is 1.12. The summed E-state index contributed by atoms with van der Waals surface area (Å²) in [6, 6.07) is 17.8. The molecule has 1 aromatic heterocycles. The van der Waals surface area contributed by atoms with Crippen LogP contribution in [0.3, 0.4) is 0 Å². The quantitative estimate of drug-likeness (QED) is 0.685. The number of pyridine rings is 1. The molecule has 3 rings (SSSR count). The molecule has 0 spiro atoms. The number of aryl methyl sites for hydroxylation is 2. The van der Waals surface area contributed by atoms with Crippen molar-refractivity contribution < 1.29 is 7.58 Å².